The minimum atomic E-state index is -0.325. The lowest BCUT2D eigenvalue weighted by molar-refractivity contribution is 0.0956. The number of anilines is 1. The molecule has 30 heavy (non-hydrogen) atoms. The van der Waals surface area contributed by atoms with Crippen molar-refractivity contribution < 1.29 is 9.18 Å². The van der Waals surface area contributed by atoms with Crippen molar-refractivity contribution in [3.05, 3.63) is 65.5 Å². The smallest absolute Gasteiger partial charge is 0.257 e. The first kappa shape index (κ1) is 19.8. The van der Waals surface area contributed by atoms with Gasteiger partial charge in [0.05, 0.1) is 11.0 Å². The van der Waals surface area contributed by atoms with Crippen LogP contribution in [0.1, 0.15) is 35.7 Å². The van der Waals surface area contributed by atoms with Gasteiger partial charge in [0, 0.05) is 13.1 Å². The SMILES string of the molecule is CCCCn1c(N)c(C(=O)NCCc2ccccc2F)c2nc3ccccc3nc21. The number of nitrogen functional groups attached to an aromatic ring is 1. The number of unbranched alkanes of at least 4 members (excludes halogenated alkanes) is 1. The van der Waals surface area contributed by atoms with Crippen molar-refractivity contribution in [2.24, 2.45) is 0 Å². The van der Waals surface area contributed by atoms with Crippen LogP contribution in [0.2, 0.25) is 0 Å². The van der Waals surface area contributed by atoms with E-state index in [1.54, 1.807) is 18.2 Å². The second-order valence-electron chi connectivity index (χ2n) is 7.25. The average molecular weight is 405 g/mol. The molecule has 154 valence electrons. The Hall–Kier alpha value is -3.48. The third-order valence-corrected chi connectivity index (χ3v) is 5.19. The van der Waals surface area contributed by atoms with Crippen LogP contribution in [0.15, 0.2) is 48.5 Å². The minimum Gasteiger partial charge on any atom is -0.384 e. The van der Waals surface area contributed by atoms with E-state index in [1.807, 2.05) is 28.8 Å². The monoisotopic (exact) mass is 405 g/mol. The number of nitrogens with two attached hydrogens (primary N) is 1. The molecule has 4 aromatic rings. The Morgan fingerprint density at radius 1 is 1.10 bits per heavy atom. The van der Waals surface area contributed by atoms with Crippen molar-refractivity contribution in [1.82, 2.24) is 19.9 Å². The van der Waals surface area contributed by atoms with Gasteiger partial charge < -0.3 is 15.6 Å². The highest BCUT2D eigenvalue weighted by atomic mass is 19.1. The topological polar surface area (TPSA) is 85.8 Å². The van der Waals surface area contributed by atoms with Crippen molar-refractivity contribution in [2.75, 3.05) is 12.3 Å². The molecule has 2 aromatic heterocycles. The van der Waals surface area contributed by atoms with Crippen LogP contribution in [-0.2, 0) is 13.0 Å². The summed E-state index contributed by atoms with van der Waals surface area (Å²) in [5.41, 5.74) is 9.84. The number of aryl methyl sites for hydroxylation is 1. The van der Waals surface area contributed by atoms with Gasteiger partial charge in [0.2, 0.25) is 0 Å². The van der Waals surface area contributed by atoms with Crippen LogP contribution in [0.25, 0.3) is 22.2 Å². The fourth-order valence-electron chi connectivity index (χ4n) is 3.58. The van der Waals surface area contributed by atoms with Crippen molar-refractivity contribution >= 4 is 33.9 Å². The largest absolute Gasteiger partial charge is 0.384 e. The van der Waals surface area contributed by atoms with E-state index in [4.69, 9.17) is 10.7 Å². The zero-order chi connectivity index (χ0) is 21.1. The molecule has 0 radical (unpaired) electrons. The summed E-state index contributed by atoms with van der Waals surface area (Å²) in [6.45, 7) is 3.05. The number of amides is 1. The third-order valence-electron chi connectivity index (χ3n) is 5.19. The molecule has 0 aliphatic heterocycles. The van der Waals surface area contributed by atoms with Crippen LogP contribution in [0.4, 0.5) is 10.2 Å². The van der Waals surface area contributed by atoms with Crippen molar-refractivity contribution in [2.45, 2.75) is 32.7 Å². The highest BCUT2D eigenvalue weighted by Gasteiger charge is 2.23. The predicted molar refractivity (Wildman–Crippen MR) is 117 cm³/mol. The summed E-state index contributed by atoms with van der Waals surface area (Å²) in [4.78, 5) is 22.4. The van der Waals surface area contributed by atoms with E-state index in [2.05, 4.69) is 17.2 Å². The molecular formula is C23H24FN5O. The number of aromatic nitrogens is 3. The van der Waals surface area contributed by atoms with Gasteiger partial charge in [-0.3, -0.25) is 4.79 Å². The second kappa shape index (κ2) is 8.49. The van der Waals surface area contributed by atoms with Gasteiger partial charge in [-0.1, -0.05) is 43.7 Å². The molecule has 1 amide bonds. The first-order chi connectivity index (χ1) is 14.6. The van der Waals surface area contributed by atoms with Gasteiger partial charge in [0.15, 0.2) is 5.65 Å². The maximum Gasteiger partial charge on any atom is 0.257 e. The number of para-hydroxylation sites is 2. The molecule has 6 nitrogen and oxygen atoms in total. The highest BCUT2D eigenvalue weighted by molar-refractivity contribution is 6.10. The molecule has 3 N–H and O–H groups in total. The predicted octanol–water partition coefficient (Wildman–Crippen LogP) is 4.08. The number of benzene rings is 2. The summed E-state index contributed by atoms with van der Waals surface area (Å²) in [5.74, 6) is -0.245. The first-order valence-electron chi connectivity index (χ1n) is 10.2. The molecule has 0 bridgehead atoms. The normalized spacial score (nSPS) is 11.3. The Morgan fingerprint density at radius 2 is 1.80 bits per heavy atom. The quantitative estimate of drug-likeness (QED) is 0.485. The van der Waals surface area contributed by atoms with Gasteiger partial charge in [0.25, 0.3) is 5.91 Å². The summed E-state index contributed by atoms with van der Waals surface area (Å²) >= 11 is 0. The van der Waals surface area contributed by atoms with Crippen LogP contribution >= 0.6 is 0 Å². The van der Waals surface area contributed by atoms with E-state index in [-0.39, 0.29) is 11.7 Å². The minimum absolute atomic E-state index is 0.278. The Bertz CT molecular complexity index is 1220. The van der Waals surface area contributed by atoms with Gasteiger partial charge in [-0.25, -0.2) is 14.4 Å². The van der Waals surface area contributed by atoms with E-state index in [0.717, 1.165) is 18.4 Å². The summed E-state index contributed by atoms with van der Waals surface area (Å²) in [6.07, 6.45) is 2.29. The number of halogens is 1. The van der Waals surface area contributed by atoms with Crippen molar-refractivity contribution in [3.63, 3.8) is 0 Å². The zero-order valence-corrected chi connectivity index (χ0v) is 16.9. The third kappa shape index (κ3) is 3.70. The fraction of sp³-hybridized carbons (Fsp3) is 0.261. The van der Waals surface area contributed by atoms with Gasteiger partial charge in [-0.2, -0.15) is 0 Å². The highest BCUT2D eigenvalue weighted by Crippen LogP contribution is 2.28. The first-order valence-corrected chi connectivity index (χ1v) is 10.2. The lowest BCUT2D eigenvalue weighted by atomic mass is 10.1. The summed E-state index contributed by atoms with van der Waals surface area (Å²) in [7, 11) is 0. The molecule has 0 saturated heterocycles. The average Bonchev–Trinajstić information content (AvgIpc) is 3.02. The second-order valence-corrected chi connectivity index (χ2v) is 7.25. The lowest BCUT2D eigenvalue weighted by Gasteiger charge is -2.08. The molecule has 0 atom stereocenters. The van der Waals surface area contributed by atoms with Crippen LogP contribution in [-0.4, -0.2) is 27.0 Å². The summed E-state index contributed by atoms with van der Waals surface area (Å²) in [6, 6.07) is 14.1. The summed E-state index contributed by atoms with van der Waals surface area (Å²) in [5, 5.41) is 2.86. The van der Waals surface area contributed by atoms with Gasteiger partial charge in [-0.15, -0.1) is 0 Å². The Morgan fingerprint density at radius 3 is 2.53 bits per heavy atom. The van der Waals surface area contributed by atoms with E-state index in [1.165, 1.54) is 6.07 Å². The lowest BCUT2D eigenvalue weighted by Crippen LogP contribution is -2.26. The molecule has 0 aliphatic carbocycles. The molecule has 0 saturated carbocycles. The van der Waals surface area contributed by atoms with Crippen LogP contribution in [0.5, 0.6) is 0 Å². The van der Waals surface area contributed by atoms with Crippen LogP contribution in [0.3, 0.4) is 0 Å². The number of fused-ring (bicyclic) bond motifs is 2. The van der Waals surface area contributed by atoms with E-state index >= 15 is 0 Å². The van der Waals surface area contributed by atoms with E-state index in [9.17, 15) is 9.18 Å². The molecule has 0 unspecified atom stereocenters. The molecule has 2 aromatic carbocycles. The van der Waals surface area contributed by atoms with Crippen molar-refractivity contribution in [1.29, 1.82) is 0 Å². The van der Waals surface area contributed by atoms with Gasteiger partial charge >= 0.3 is 0 Å². The maximum absolute atomic E-state index is 13.8. The molecule has 7 heteroatoms. The Kier molecular flexibility index (Phi) is 5.61. The molecule has 0 spiro atoms. The summed E-state index contributed by atoms with van der Waals surface area (Å²) < 4.78 is 15.7. The van der Waals surface area contributed by atoms with Gasteiger partial charge in [0.1, 0.15) is 22.7 Å². The van der Waals surface area contributed by atoms with E-state index < -0.39 is 0 Å². The number of hydrogen-bond donors (Lipinski definition) is 2. The number of nitrogens with one attached hydrogen (secondary N) is 1. The number of rotatable bonds is 7. The fourth-order valence-corrected chi connectivity index (χ4v) is 3.58. The standard InChI is InChI=1S/C23H24FN5O/c1-2-3-14-29-21(25)19(20-22(29)28-18-11-7-6-10-17(18)27-20)23(30)26-13-12-15-8-4-5-9-16(15)24/h4-11H,2-3,12-14,25H2,1H3,(H,26,30). The van der Waals surface area contributed by atoms with Crippen LogP contribution in [0, 0.1) is 5.82 Å². The molecule has 2 heterocycles. The maximum atomic E-state index is 13.8. The van der Waals surface area contributed by atoms with E-state index in [0.29, 0.717) is 53.1 Å². The number of carbonyl (C=O) groups excluding carboxylic acids is 1. The number of nitrogens with zero attached hydrogens (tertiary/aromatic N) is 3. The Labute approximate surface area is 173 Å². The molecule has 0 fully saturated rings. The molecule has 4 rings (SSSR count). The molecular weight excluding hydrogens is 381 g/mol. The molecule has 0 aliphatic rings. The Balaban J connectivity index is 1.68. The van der Waals surface area contributed by atoms with Crippen molar-refractivity contribution in [3.8, 4) is 0 Å². The van der Waals surface area contributed by atoms with Crippen LogP contribution < -0.4 is 11.1 Å². The van der Waals surface area contributed by atoms with Gasteiger partial charge in [-0.05, 0) is 36.6 Å². The number of hydrogen-bond acceptors (Lipinski definition) is 4. The number of carbonyl (C=O) groups is 1. The zero-order valence-electron chi connectivity index (χ0n) is 16.9.